The van der Waals surface area contributed by atoms with Gasteiger partial charge < -0.3 is 5.32 Å². The lowest BCUT2D eigenvalue weighted by atomic mass is 10.3. The summed E-state index contributed by atoms with van der Waals surface area (Å²) >= 11 is 1.63. The molecule has 6 nitrogen and oxygen atoms in total. The first-order valence-corrected chi connectivity index (χ1v) is 7.88. The molecule has 4 aromatic heterocycles. The molecule has 0 bridgehead atoms. The normalized spacial score (nSPS) is 11.1. The number of hydrogen-bond donors (Lipinski definition) is 1. The Kier molecular flexibility index (Phi) is 3.12. The Morgan fingerprint density at radius 3 is 3.00 bits per heavy atom. The zero-order valence-electron chi connectivity index (χ0n) is 12.0. The number of nitrogens with zero attached hydrogens (tertiary/aromatic N) is 5. The zero-order valence-corrected chi connectivity index (χ0v) is 12.8. The summed E-state index contributed by atoms with van der Waals surface area (Å²) in [6.45, 7) is 2.92. The van der Waals surface area contributed by atoms with Gasteiger partial charge in [0.05, 0.1) is 23.1 Å². The van der Waals surface area contributed by atoms with E-state index in [1.807, 2.05) is 51.4 Å². The highest BCUT2D eigenvalue weighted by molar-refractivity contribution is 7.14. The van der Waals surface area contributed by atoms with Crippen LogP contribution in [-0.4, -0.2) is 24.1 Å². The number of anilines is 2. The Balaban J connectivity index is 1.79. The molecular formula is C15H14N6S. The summed E-state index contributed by atoms with van der Waals surface area (Å²) in [6, 6.07) is 4.02. The Hall–Kier alpha value is -2.67. The highest BCUT2D eigenvalue weighted by atomic mass is 32.1. The van der Waals surface area contributed by atoms with Crippen LogP contribution in [0, 0.1) is 0 Å². The fraction of sp³-hybridized carbons (Fsp3) is 0.133. The smallest absolute Gasteiger partial charge is 0.180 e. The van der Waals surface area contributed by atoms with E-state index in [1.165, 1.54) is 0 Å². The third-order valence-corrected chi connectivity index (χ3v) is 4.23. The van der Waals surface area contributed by atoms with E-state index in [9.17, 15) is 0 Å². The van der Waals surface area contributed by atoms with Crippen molar-refractivity contribution in [1.29, 1.82) is 0 Å². The van der Waals surface area contributed by atoms with Crippen molar-refractivity contribution >= 4 is 27.8 Å². The van der Waals surface area contributed by atoms with E-state index in [2.05, 4.69) is 27.3 Å². The highest BCUT2D eigenvalue weighted by Gasteiger charge is 2.12. The van der Waals surface area contributed by atoms with Crippen molar-refractivity contribution < 1.29 is 0 Å². The lowest BCUT2D eigenvalue weighted by Gasteiger charge is -2.05. The topological polar surface area (TPSA) is 60.0 Å². The number of aryl methyl sites for hydroxylation is 1. The molecule has 22 heavy (non-hydrogen) atoms. The molecule has 0 spiro atoms. The highest BCUT2D eigenvalue weighted by Crippen LogP contribution is 2.26. The van der Waals surface area contributed by atoms with Gasteiger partial charge in [-0.1, -0.05) is 0 Å². The van der Waals surface area contributed by atoms with Gasteiger partial charge in [0.15, 0.2) is 11.5 Å². The van der Waals surface area contributed by atoms with Gasteiger partial charge in [-0.3, -0.25) is 9.08 Å². The van der Waals surface area contributed by atoms with Crippen LogP contribution in [0.5, 0.6) is 0 Å². The Bertz CT molecular complexity index is 905. The number of hydrogen-bond acceptors (Lipinski definition) is 5. The van der Waals surface area contributed by atoms with Crippen LogP contribution in [0.1, 0.15) is 6.92 Å². The maximum Gasteiger partial charge on any atom is 0.180 e. The van der Waals surface area contributed by atoms with Crippen molar-refractivity contribution in [3.05, 3.63) is 48.5 Å². The van der Waals surface area contributed by atoms with Crippen LogP contribution in [-0.2, 0) is 6.54 Å². The predicted octanol–water partition coefficient (Wildman–Crippen LogP) is 3.42. The number of imidazole rings is 1. The van der Waals surface area contributed by atoms with Crippen LogP contribution >= 0.6 is 11.3 Å². The third kappa shape index (κ3) is 2.15. The summed E-state index contributed by atoms with van der Waals surface area (Å²) in [5.74, 6) is 0.749. The summed E-state index contributed by atoms with van der Waals surface area (Å²) < 4.78 is 3.93. The maximum absolute atomic E-state index is 4.52. The lowest BCUT2D eigenvalue weighted by molar-refractivity contribution is 0.660. The van der Waals surface area contributed by atoms with Gasteiger partial charge in [0.1, 0.15) is 0 Å². The molecule has 110 valence electrons. The third-order valence-electron chi connectivity index (χ3n) is 3.44. The minimum atomic E-state index is 0.749. The van der Waals surface area contributed by atoms with Gasteiger partial charge in [0.2, 0.25) is 0 Å². The molecule has 0 amide bonds. The first-order valence-electron chi connectivity index (χ1n) is 7.00. The van der Waals surface area contributed by atoms with E-state index >= 15 is 0 Å². The molecular weight excluding hydrogens is 296 g/mol. The van der Waals surface area contributed by atoms with Crippen LogP contribution in [0.25, 0.3) is 16.9 Å². The van der Waals surface area contributed by atoms with E-state index in [0.29, 0.717) is 0 Å². The number of nitrogens with one attached hydrogen (secondary N) is 1. The molecule has 4 rings (SSSR count). The molecule has 4 aromatic rings. The van der Waals surface area contributed by atoms with Crippen LogP contribution in [0.4, 0.5) is 10.8 Å². The average Bonchev–Trinajstić information content (AvgIpc) is 3.27. The first-order chi connectivity index (χ1) is 10.8. The molecule has 0 radical (unpaired) electrons. The van der Waals surface area contributed by atoms with E-state index in [1.54, 1.807) is 17.5 Å². The molecule has 1 N–H and O–H groups in total. The molecule has 0 unspecified atom stereocenters. The molecule has 4 heterocycles. The first kappa shape index (κ1) is 13.0. The summed E-state index contributed by atoms with van der Waals surface area (Å²) in [5, 5.41) is 10.7. The number of fused-ring (bicyclic) bond motifs is 1. The molecule has 0 aromatic carbocycles. The van der Waals surface area contributed by atoms with Crippen LogP contribution in [0.15, 0.2) is 48.5 Å². The Morgan fingerprint density at radius 2 is 2.23 bits per heavy atom. The van der Waals surface area contributed by atoms with Gasteiger partial charge >= 0.3 is 0 Å². The Labute approximate surface area is 131 Å². The summed E-state index contributed by atoms with van der Waals surface area (Å²) in [6.07, 6.45) is 9.43. The molecule has 0 aliphatic carbocycles. The van der Waals surface area contributed by atoms with Gasteiger partial charge in [-0.05, 0) is 24.4 Å². The summed E-state index contributed by atoms with van der Waals surface area (Å²) in [7, 11) is 0. The molecule has 0 atom stereocenters. The van der Waals surface area contributed by atoms with Crippen LogP contribution < -0.4 is 5.32 Å². The van der Waals surface area contributed by atoms with Gasteiger partial charge in [0.25, 0.3) is 0 Å². The van der Waals surface area contributed by atoms with Gasteiger partial charge in [0, 0.05) is 30.7 Å². The lowest BCUT2D eigenvalue weighted by Crippen LogP contribution is -1.97. The molecule has 7 heteroatoms. The largest absolute Gasteiger partial charge is 0.329 e. The van der Waals surface area contributed by atoms with E-state index in [0.717, 1.165) is 34.3 Å². The van der Waals surface area contributed by atoms with Crippen molar-refractivity contribution in [3.8, 4) is 11.3 Å². The number of aromatic nitrogens is 5. The second kappa shape index (κ2) is 5.27. The molecule has 0 saturated heterocycles. The van der Waals surface area contributed by atoms with Gasteiger partial charge in [-0.15, -0.1) is 11.3 Å². The van der Waals surface area contributed by atoms with Gasteiger partial charge in [-0.25, -0.2) is 9.97 Å². The molecule has 0 fully saturated rings. The number of rotatable bonds is 4. The zero-order chi connectivity index (χ0) is 14.9. The van der Waals surface area contributed by atoms with Crippen molar-refractivity contribution in [2.45, 2.75) is 13.5 Å². The van der Waals surface area contributed by atoms with Crippen molar-refractivity contribution in [3.63, 3.8) is 0 Å². The fourth-order valence-electron chi connectivity index (χ4n) is 2.36. The monoisotopic (exact) mass is 310 g/mol. The minimum absolute atomic E-state index is 0.749. The number of thiophene rings is 1. The van der Waals surface area contributed by atoms with Crippen molar-refractivity contribution in [2.75, 3.05) is 5.32 Å². The average molecular weight is 310 g/mol. The van der Waals surface area contributed by atoms with Crippen molar-refractivity contribution in [1.82, 2.24) is 24.1 Å². The van der Waals surface area contributed by atoms with Gasteiger partial charge in [-0.2, -0.15) is 5.10 Å². The second-order valence-electron chi connectivity index (χ2n) is 4.80. The van der Waals surface area contributed by atoms with Crippen molar-refractivity contribution in [2.24, 2.45) is 0 Å². The maximum atomic E-state index is 4.52. The standard InChI is InChI=1S/C15H14N6S/c1-2-20-10-11(8-18-20)12-9-17-15-14(16-5-6-21(12)15)19-13-4-3-7-22-13/h3-10H,2H2,1H3,(H,16,19). The Morgan fingerprint density at radius 1 is 1.27 bits per heavy atom. The van der Waals surface area contributed by atoms with Crippen LogP contribution in [0.3, 0.4) is 0 Å². The quantitative estimate of drug-likeness (QED) is 0.627. The van der Waals surface area contributed by atoms with E-state index in [-0.39, 0.29) is 0 Å². The van der Waals surface area contributed by atoms with E-state index in [4.69, 9.17) is 0 Å². The van der Waals surface area contributed by atoms with Crippen LogP contribution in [0.2, 0.25) is 0 Å². The summed E-state index contributed by atoms with van der Waals surface area (Å²) in [4.78, 5) is 8.92. The SMILES string of the molecule is CCn1cc(-c2cnc3c(Nc4cccs4)nccn23)cn1. The predicted molar refractivity (Wildman–Crippen MR) is 87.5 cm³/mol. The summed E-state index contributed by atoms with van der Waals surface area (Å²) in [5.41, 5.74) is 2.85. The van der Waals surface area contributed by atoms with E-state index < -0.39 is 0 Å². The molecule has 0 saturated carbocycles. The molecule has 0 aliphatic heterocycles. The molecule has 0 aliphatic rings. The minimum Gasteiger partial charge on any atom is -0.329 e. The second-order valence-corrected chi connectivity index (χ2v) is 5.75. The fourth-order valence-corrected chi connectivity index (χ4v) is 2.97.